The summed E-state index contributed by atoms with van der Waals surface area (Å²) in [6.45, 7) is 1.87. The van der Waals surface area contributed by atoms with E-state index in [1.807, 2.05) is 6.92 Å². The average Bonchev–Trinajstić information content (AvgIpc) is 2.90. The van der Waals surface area contributed by atoms with Gasteiger partial charge in [-0.2, -0.15) is 5.10 Å². The van der Waals surface area contributed by atoms with Crippen LogP contribution in [-0.2, 0) is 10.0 Å². The number of hydrogen-bond acceptors (Lipinski definition) is 6. The highest BCUT2D eigenvalue weighted by atomic mass is 79.9. The van der Waals surface area contributed by atoms with Crippen molar-refractivity contribution < 1.29 is 22.7 Å². The second-order valence-corrected chi connectivity index (χ2v) is 11.3. The van der Waals surface area contributed by atoms with Crippen molar-refractivity contribution in [2.24, 2.45) is 5.10 Å². The monoisotopic (exact) mass is 625 g/mol. The number of benzene rings is 4. The Balaban J connectivity index is 1.41. The van der Waals surface area contributed by atoms with Crippen LogP contribution in [0.5, 0.6) is 5.75 Å². The molecular formula is C28H21BrClN3O5S. The molecule has 0 atom stereocenters. The molecule has 1 amide bonds. The summed E-state index contributed by atoms with van der Waals surface area (Å²) in [5, 5.41) is 4.23. The number of rotatable bonds is 8. The lowest BCUT2D eigenvalue weighted by Crippen LogP contribution is -2.18. The molecule has 0 radical (unpaired) electrons. The van der Waals surface area contributed by atoms with Crippen molar-refractivity contribution in [3.05, 3.63) is 123 Å². The third-order valence-corrected chi connectivity index (χ3v) is 7.59. The van der Waals surface area contributed by atoms with Gasteiger partial charge in [-0.3, -0.25) is 9.52 Å². The zero-order chi connectivity index (χ0) is 28.0. The number of carbonyl (C=O) groups is 2. The number of hydrazone groups is 1. The lowest BCUT2D eigenvalue weighted by atomic mass is 10.2. The van der Waals surface area contributed by atoms with E-state index in [0.29, 0.717) is 15.7 Å². The van der Waals surface area contributed by atoms with E-state index in [9.17, 15) is 18.0 Å². The van der Waals surface area contributed by atoms with Gasteiger partial charge in [-0.05, 0) is 73.7 Å². The van der Waals surface area contributed by atoms with E-state index in [1.165, 1.54) is 42.6 Å². The molecule has 0 aliphatic rings. The molecule has 0 spiro atoms. The van der Waals surface area contributed by atoms with E-state index in [1.54, 1.807) is 54.6 Å². The number of aryl methyl sites for hydroxylation is 1. The highest BCUT2D eigenvalue weighted by Gasteiger charge is 2.16. The van der Waals surface area contributed by atoms with Crippen LogP contribution in [0.4, 0.5) is 5.69 Å². The fourth-order valence-corrected chi connectivity index (χ4v) is 4.99. The predicted octanol–water partition coefficient (Wildman–Crippen LogP) is 6.19. The highest BCUT2D eigenvalue weighted by molar-refractivity contribution is 9.10. The van der Waals surface area contributed by atoms with Crippen LogP contribution in [0, 0.1) is 6.92 Å². The Morgan fingerprint density at radius 3 is 2.33 bits per heavy atom. The fourth-order valence-electron chi connectivity index (χ4n) is 3.34. The van der Waals surface area contributed by atoms with Crippen LogP contribution in [0.15, 0.2) is 105 Å². The minimum Gasteiger partial charge on any atom is -0.422 e. The van der Waals surface area contributed by atoms with Gasteiger partial charge in [-0.15, -0.1) is 0 Å². The first kappa shape index (κ1) is 28.0. The van der Waals surface area contributed by atoms with Gasteiger partial charge in [0.1, 0.15) is 5.75 Å². The van der Waals surface area contributed by atoms with Crippen molar-refractivity contribution in [3.63, 3.8) is 0 Å². The topological polar surface area (TPSA) is 114 Å². The quantitative estimate of drug-likeness (QED) is 0.105. The summed E-state index contributed by atoms with van der Waals surface area (Å²) in [7, 11) is -3.77. The van der Waals surface area contributed by atoms with Crippen LogP contribution < -0.4 is 14.9 Å². The summed E-state index contributed by atoms with van der Waals surface area (Å²) < 4.78 is 33.8. The zero-order valence-corrected chi connectivity index (χ0v) is 23.5. The number of ether oxygens (including phenoxy) is 1. The number of nitrogens with one attached hydrogen (secondary N) is 2. The molecule has 0 bridgehead atoms. The largest absolute Gasteiger partial charge is 0.422 e. The summed E-state index contributed by atoms with van der Waals surface area (Å²) >= 11 is 9.45. The van der Waals surface area contributed by atoms with Crippen molar-refractivity contribution in [1.82, 2.24) is 5.43 Å². The number of amides is 1. The molecule has 0 fully saturated rings. The molecule has 0 unspecified atom stereocenters. The second-order valence-electron chi connectivity index (χ2n) is 8.25. The second kappa shape index (κ2) is 12.2. The van der Waals surface area contributed by atoms with E-state index >= 15 is 0 Å². The molecule has 0 aliphatic carbocycles. The Kier molecular flexibility index (Phi) is 8.80. The number of sulfonamides is 1. The van der Waals surface area contributed by atoms with Crippen LogP contribution in [0.1, 0.15) is 31.8 Å². The molecule has 8 nitrogen and oxygen atoms in total. The Morgan fingerprint density at radius 1 is 0.949 bits per heavy atom. The Hall–Kier alpha value is -3.99. The molecule has 0 saturated carbocycles. The van der Waals surface area contributed by atoms with E-state index < -0.39 is 21.9 Å². The Bertz CT molecular complexity index is 1660. The Morgan fingerprint density at radius 2 is 1.64 bits per heavy atom. The fraction of sp³-hybridized carbons (Fsp3) is 0.0357. The standard InChI is InChI=1S/C28H21BrClN3O5S/c1-18-6-13-23(14-7-18)39(36,37)33-22-11-8-19(9-12-22)27(34)32-31-17-20-16-21(29)10-15-26(20)38-28(35)24-4-2-3-5-25(24)30/h2-17,33H,1H3,(H,32,34)/b31-17-. The molecule has 4 aromatic rings. The molecule has 4 aromatic carbocycles. The van der Waals surface area contributed by atoms with Crippen molar-refractivity contribution in [1.29, 1.82) is 0 Å². The normalized spacial score (nSPS) is 11.3. The van der Waals surface area contributed by atoms with Gasteiger partial charge in [0, 0.05) is 21.3 Å². The summed E-state index contributed by atoms with van der Waals surface area (Å²) in [4.78, 5) is 25.3. The first-order valence-corrected chi connectivity index (χ1v) is 14.1. The van der Waals surface area contributed by atoms with Crippen LogP contribution in [0.2, 0.25) is 5.02 Å². The molecule has 0 aliphatic heterocycles. The SMILES string of the molecule is Cc1ccc(S(=O)(=O)Nc2ccc(C(=O)N/N=C\c3cc(Br)ccc3OC(=O)c3ccccc3Cl)cc2)cc1. The van der Waals surface area contributed by atoms with Gasteiger partial charge < -0.3 is 4.74 Å². The van der Waals surface area contributed by atoms with Gasteiger partial charge >= 0.3 is 5.97 Å². The molecule has 4 rings (SSSR count). The molecule has 39 heavy (non-hydrogen) atoms. The highest BCUT2D eigenvalue weighted by Crippen LogP contribution is 2.24. The maximum Gasteiger partial charge on any atom is 0.345 e. The average molecular weight is 627 g/mol. The number of anilines is 1. The Labute approximate surface area is 238 Å². The van der Waals surface area contributed by atoms with Gasteiger partial charge in [-0.25, -0.2) is 18.6 Å². The number of hydrogen-bond donors (Lipinski definition) is 2. The molecule has 0 aromatic heterocycles. The lowest BCUT2D eigenvalue weighted by molar-refractivity contribution is 0.0734. The molecule has 11 heteroatoms. The van der Waals surface area contributed by atoms with Gasteiger partial charge in [0.15, 0.2) is 0 Å². The third-order valence-electron chi connectivity index (χ3n) is 5.37. The molecule has 0 heterocycles. The van der Waals surface area contributed by atoms with Crippen molar-refractivity contribution in [2.75, 3.05) is 4.72 Å². The molecule has 198 valence electrons. The number of nitrogens with zero attached hydrogens (tertiary/aromatic N) is 1. The maximum atomic E-state index is 12.6. The summed E-state index contributed by atoms with van der Waals surface area (Å²) in [6, 6.07) is 23.8. The minimum atomic E-state index is -3.77. The molecule has 2 N–H and O–H groups in total. The van der Waals surface area contributed by atoms with Crippen LogP contribution in [-0.4, -0.2) is 26.5 Å². The summed E-state index contributed by atoms with van der Waals surface area (Å²) in [5.74, 6) is -0.949. The van der Waals surface area contributed by atoms with E-state index in [4.69, 9.17) is 16.3 Å². The predicted molar refractivity (Wildman–Crippen MR) is 154 cm³/mol. The summed E-state index contributed by atoms with van der Waals surface area (Å²) in [6.07, 6.45) is 1.34. The minimum absolute atomic E-state index is 0.133. The maximum absolute atomic E-state index is 12.6. The van der Waals surface area contributed by atoms with Gasteiger partial charge in [-0.1, -0.05) is 57.4 Å². The molecular weight excluding hydrogens is 606 g/mol. The zero-order valence-electron chi connectivity index (χ0n) is 20.4. The van der Waals surface area contributed by atoms with Gasteiger partial charge in [0.25, 0.3) is 15.9 Å². The van der Waals surface area contributed by atoms with Crippen LogP contribution >= 0.6 is 27.5 Å². The van der Waals surface area contributed by atoms with E-state index in [-0.39, 0.29) is 26.8 Å². The van der Waals surface area contributed by atoms with Crippen molar-refractivity contribution in [2.45, 2.75) is 11.8 Å². The smallest absolute Gasteiger partial charge is 0.345 e. The summed E-state index contributed by atoms with van der Waals surface area (Å²) in [5.41, 5.74) is 4.54. The lowest BCUT2D eigenvalue weighted by Gasteiger charge is -2.09. The first-order chi connectivity index (χ1) is 18.6. The van der Waals surface area contributed by atoms with Crippen molar-refractivity contribution >= 4 is 61.3 Å². The van der Waals surface area contributed by atoms with E-state index in [2.05, 4.69) is 31.2 Å². The van der Waals surface area contributed by atoms with Crippen LogP contribution in [0.3, 0.4) is 0 Å². The first-order valence-electron chi connectivity index (χ1n) is 11.4. The van der Waals surface area contributed by atoms with Crippen molar-refractivity contribution in [3.8, 4) is 5.75 Å². The van der Waals surface area contributed by atoms with Gasteiger partial charge in [0.2, 0.25) is 0 Å². The van der Waals surface area contributed by atoms with Gasteiger partial charge in [0.05, 0.1) is 21.7 Å². The number of esters is 1. The van der Waals surface area contributed by atoms with E-state index in [0.717, 1.165) is 5.56 Å². The number of carbonyl (C=O) groups excluding carboxylic acids is 2. The van der Waals surface area contributed by atoms with Crippen LogP contribution in [0.25, 0.3) is 0 Å². The molecule has 0 saturated heterocycles. The number of halogens is 2. The third kappa shape index (κ3) is 7.32.